The molecule has 3 aromatic rings. The van der Waals surface area contributed by atoms with Gasteiger partial charge in [-0.3, -0.25) is 0 Å². The minimum absolute atomic E-state index is 0.0191. The van der Waals surface area contributed by atoms with Crippen molar-refractivity contribution in [3.8, 4) is 11.5 Å². The molecule has 0 amide bonds. The van der Waals surface area contributed by atoms with Crippen LogP contribution in [0.1, 0.15) is 17.5 Å². The Hall–Kier alpha value is -3.98. The molecule has 0 bridgehead atoms. The first-order chi connectivity index (χ1) is 15.3. The van der Waals surface area contributed by atoms with Gasteiger partial charge in [-0.15, -0.1) is 0 Å². The van der Waals surface area contributed by atoms with Gasteiger partial charge >= 0.3 is 0 Å². The summed E-state index contributed by atoms with van der Waals surface area (Å²) in [6.45, 7) is -0.0191. The van der Waals surface area contributed by atoms with Gasteiger partial charge in [0.05, 0.1) is 11.4 Å². The molecule has 9 nitrogen and oxygen atoms in total. The largest absolute Gasteiger partial charge is 0.453 e. The number of nitrogens with two attached hydrogens (primary N) is 6. The van der Waals surface area contributed by atoms with Crippen molar-refractivity contribution in [2.45, 2.75) is 25.6 Å². The molecule has 0 atom stereocenters. The fourth-order valence-corrected chi connectivity index (χ4v) is 3.39. The van der Waals surface area contributed by atoms with Gasteiger partial charge in [-0.25, -0.2) is 0 Å². The number of anilines is 6. The summed E-state index contributed by atoms with van der Waals surface area (Å²) in [5.74, 6) is 0.861. The van der Waals surface area contributed by atoms with Crippen LogP contribution >= 0.6 is 0 Å². The second-order valence-corrected chi connectivity index (χ2v) is 7.52. The van der Waals surface area contributed by atoms with Crippen molar-refractivity contribution in [1.82, 2.24) is 0 Å². The van der Waals surface area contributed by atoms with Crippen LogP contribution in [0.5, 0.6) is 11.5 Å². The number of nitrogen functional groups attached to an aromatic ring is 6. The Morgan fingerprint density at radius 1 is 0.656 bits per heavy atom. The lowest BCUT2D eigenvalue weighted by molar-refractivity contribution is 0.000895. The Morgan fingerprint density at radius 3 is 1.62 bits per heavy atom. The van der Waals surface area contributed by atoms with E-state index in [0.717, 1.165) is 11.1 Å². The minimum atomic E-state index is -0.742. The average molecular weight is 439 g/mol. The van der Waals surface area contributed by atoms with Crippen molar-refractivity contribution in [2.75, 3.05) is 41.0 Å². The maximum absolute atomic E-state index is 9.29. The first-order valence-corrected chi connectivity index (χ1v) is 10.2. The molecule has 0 aromatic heterocycles. The van der Waals surface area contributed by atoms with Crippen LogP contribution in [0.15, 0.2) is 48.5 Å². The van der Waals surface area contributed by atoms with Crippen molar-refractivity contribution in [1.29, 1.82) is 0 Å². The van der Waals surface area contributed by atoms with Gasteiger partial charge in [0.25, 0.3) is 0 Å². The number of ether oxygens (including phenoxy) is 2. The highest BCUT2D eigenvalue weighted by molar-refractivity contribution is 5.63. The van der Waals surface area contributed by atoms with E-state index in [2.05, 4.69) is 0 Å². The van der Waals surface area contributed by atoms with E-state index in [-0.39, 0.29) is 6.61 Å². The van der Waals surface area contributed by atoms with Crippen molar-refractivity contribution in [2.24, 2.45) is 0 Å². The molecule has 0 saturated carbocycles. The number of aliphatic hydroxyl groups excluding tert-OH is 1. The Labute approximate surface area is 186 Å². The Morgan fingerprint density at radius 2 is 1.16 bits per heavy atom. The zero-order valence-corrected chi connectivity index (χ0v) is 17.8. The summed E-state index contributed by atoms with van der Waals surface area (Å²) in [4.78, 5) is 0. The average Bonchev–Trinajstić information content (AvgIpc) is 2.73. The number of aliphatic hydroxyl groups is 1. The van der Waals surface area contributed by atoms with Crippen molar-refractivity contribution in [3.63, 3.8) is 0 Å². The number of hydrogen-bond acceptors (Lipinski definition) is 9. The maximum Gasteiger partial charge on any atom is 0.241 e. The normalized spacial score (nSPS) is 10.9. The SMILES string of the molecule is Nc1ccc(OC(CCc2cc(N)cc(CCO)c2N)Oc2ccc(N)cc2N)c(N)c1. The van der Waals surface area contributed by atoms with E-state index in [4.69, 9.17) is 43.9 Å². The van der Waals surface area contributed by atoms with Gasteiger partial charge in [-0.2, -0.15) is 0 Å². The summed E-state index contributed by atoms with van der Waals surface area (Å²) < 4.78 is 12.1. The molecular weight excluding hydrogens is 408 g/mol. The molecule has 3 rings (SSSR count). The van der Waals surface area contributed by atoms with Gasteiger partial charge in [0.1, 0.15) is 11.5 Å². The van der Waals surface area contributed by atoms with Crippen LogP contribution in [0.4, 0.5) is 34.1 Å². The maximum atomic E-state index is 9.29. The second-order valence-electron chi connectivity index (χ2n) is 7.52. The Balaban J connectivity index is 1.85. The summed E-state index contributed by atoms with van der Waals surface area (Å²) in [7, 11) is 0. The monoisotopic (exact) mass is 438 g/mol. The van der Waals surface area contributed by atoms with Gasteiger partial charge in [0, 0.05) is 35.8 Å². The molecule has 170 valence electrons. The smallest absolute Gasteiger partial charge is 0.241 e. The van der Waals surface area contributed by atoms with Crippen LogP contribution in [0.25, 0.3) is 0 Å². The van der Waals surface area contributed by atoms with E-state index in [1.165, 1.54) is 0 Å². The Bertz CT molecular complexity index is 1040. The minimum Gasteiger partial charge on any atom is -0.453 e. The molecule has 3 aromatic carbocycles. The van der Waals surface area contributed by atoms with Gasteiger partial charge in [0.2, 0.25) is 6.29 Å². The lowest BCUT2D eigenvalue weighted by atomic mass is 10.00. The standard InChI is InChI=1S/C23H30N6O3/c24-15-2-4-20(18(27)11-15)31-22(32-21-5-3-16(25)12-19(21)28)6-1-13-9-17(26)10-14(7-8-30)23(13)29/h2-5,9-12,22,30H,1,6-8,24-29H2. The molecular formula is C23H30N6O3. The first kappa shape index (κ1) is 22.7. The van der Waals surface area contributed by atoms with E-state index in [9.17, 15) is 5.11 Å². The third-order valence-electron chi connectivity index (χ3n) is 4.99. The summed E-state index contributed by atoms with van der Waals surface area (Å²) in [6.07, 6.45) is 0.599. The number of hydrogen-bond donors (Lipinski definition) is 7. The molecule has 0 saturated heterocycles. The molecule has 32 heavy (non-hydrogen) atoms. The third kappa shape index (κ3) is 5.58. The predicted molar refractivity (Wildman–Crippen MR) is 130 cm³/mol. The molecule has 0 heterocycles. The van der Waals surface area contributed by atoms with E-state index in [1.54, 1.807) is 42.5 Å². The van der Waals surface area contributed by atoms with E-state index in [0.29, 0.717) is 64.9 Å². The lowest BCUT2D eigenvalue weighted by Gasteiger charge is -2.23. The fraction of sp³-hybridized carbons (Fsp3) is 0.217. The van der Waals surface area contributed by atoms with Crippen LogP contribution in [0.3, 0.4) is 0 Å². The second kappa shape index (κ2) is 9.88. The van der Waals surface area contributed by atoms with Crippen LogP contribution in [0, 0.1) is 0 Å². The molecule has 0 radical (unpaired) electrons. The van der Waals surface area contributed by atoms with E-state index < -0.39 is 6.29 Å². The van der Waals surface area contributed by atoms with Crippen molar-refractivity contribution in [3.05, 3.63) is 59.7 Å². The van der Waals surface area contributed by atoms with Gasteiger partial charge in [-0.1, -0.05) is 0 Å². The van der Waals surface area contributed by atoms with Gasteiger partial charge < -0.3 is 49.0 Å². The highest BCUT2D eigenvalue weighted by Crippen LogP contribution is 2.30. The van der Waals surface area contributed by atoms with Gasteiger partial charge in [0.15, 0.2) is 0 Å². The lowest BCUT2D eigenvalue weighted by Crippen LogP contribution is -2.26. The predicted octanol–water partition coefficient (Wildman–Crippen LogP) is 2.13. The zero-order chi connectivity index (χ0) is 23.3. The van der Waals surface area contributed by atoms with Gasteiger partial charge in [-0.05, 0) is 72.5 Å². The van der Waals surface area contributed by atoms with Crippen molar-refractivity contribution < 1.29 is 14.6 Å². The highest BCUT2D eigenvalue weighted by Gasteiger charge is 2.18. The topological polar surface area (TPSA) is 195 Å². The molecule has 0 aliphatic rings. The molecule has 0 unspecified atom stereocenters. The zero-order valence-electron chi connectivity index (χ0n) is 17.8. The van der Waals surface area contributed by atoms with Crippen LogP contribution in [-0.4, -0.2) is 18.0 Å². The molecule has 0 aliphatic heterocycles. The molecule has 13 N–H and O–H groups in total. The fourth-order valence-electron chi connectivity index (χ4n) is 3.39. The molecule has 9 heteroatoms. The quantitative estimate of drug-likeness (QED) is 0.193. The summed E-state index contributed by atoms with van der Waals surface area (Å²) in [5.41, 5.74) is 40.6. The van der Waals surface area contributed by atoms with Crippen LogP contribution in [0.2, 0.25) is 0 Å². The molecule has 0 aliphatic carbocycles. The number of rotatable bonds is 9. The first-order valence-electron chi connectivity index (χ1n) is 10.2. The third-order valence-corrected chi connectivity index (χ3v) is 4.99. The Kier molecular flexibility index (Phi) is 7.01. The molecule has 0 spiro atoms. The van der Waals surface area contributed by atoms with Crippen LogP contribution in [-0.2, 0) is 12.8 Å². The van der Waals surface area contributed by atoms with Crippen LogP contribution < -0.4 is 43.9 Å². The van der Waals surface area contributed by atoms with Crippen molar-refractivity contribution >= 4 is 34.1 Å². The van der Waals surface area contributed by atoms with E-state index >= 15 is 0 Å². The number of aryl methyl sites for hydroxylation is 1. The summed E-state index contributed by atoms with van der Waals surface area (Å²) in [5, 5.41) is 9.29. The number of benzene rings is 3. The van der Waals surface area contributed by atoms with E-state index in [1.807, 2.05) is 6.07 Å². The summed E-state index contributed by atoms with van der Waals surface area (Å²) >= 11 is 0. The highest BCUT2D eigenvalue weighted by atomic mass is 16.7. The molecule has 0 fully saturated rings. The summed E-state index contributed by atoms with van der Waals surface area (Å²) in [6, 6.07) is 13.5.